The molecular formula is C23H24O6. The number of rotatable bonds is 6. The highest BCUT2D eigenvalue weighted by molar-refractivity contribution is 6.12. The van der Waals surface area contributed by atoms with E-state index in [-0.39, 0.29) is 0 Å². The van der Waals surface area contributed by atoms with Gasteiger partial charge in [0.2, 0.25) is 0 Å². The molecule has 0 atom stereocenters. The Labute approximate surface area is 169 Å². The Morgan fingerprint density at radius 3 is 1.86 bits per heavy atom. The van der Waals surface area contributed by atoms with E-state index >= 15 is 0 Å². The maximum Gasteiger partial charge on any atom is 0.513 e. The average Bonchev–Trinajstić information content (AvgIpc) is 2.75. The van der Waals surface area contributed by atoms with Crippen LogP contribution < -0.4 is 9.47 Å². The Morgan fingerprint density at radius 2 is 1.31 bits per heavy atom. The van der Waals surface area contributed by atoms with Crippen LogP contribution in [0.5, 0.6) is 11.5 Å². The number of carbonyl (C=O) groups is 2. The van der Waals surface area contributed by atoms with Gasteiger partial charge in [0, 0.05) is 21.5 Å². The van der Waals surface area contributed by atoms with Crippen molar-refractivity contribution in [2.45, 2.75) is 32.6 Å². The summed E-state index contributed by atoms with van der Waals surface area (Å²) in [7, 11) is 2.52. The van der Waals surface area contributed by atoms with E-state index in [2.05, 4.69) is 11.7 Å². The molecule has 0 aromatic heterocycles. The monoisotopic (exact) mass is 396 g/mol. The molecule has 0 radical (unpaired) electrons. The van der Waals surface area contributed by atoms with Gasteiger partial charge in [-0.2, -0.15) is 0 Å². The molecule has 3 aromatic carbocycles. The van der Waals surface area contributed by atoms with Crippen molar-refractivity contribution in [3.05, 3.63) is 48.0 Å². The third-order valence-electron chi connectivity index (χ3n) is 4.76. The minimum atomic E-state index is -0.815. The Hall–Kier alpha value is -3.28. The first-order valence-electron chi connectivity index (χ1n) is 9.58. The topological polar surface area (TPSA) is 71.1 Å². The molecule has 0 saturated heterocycles. The van der Waals surface area contributed by atoms with Gasteiger partial charge in [-0.1, -0.05) is 56.2 Å². The number of carbonyl (C=O) groups excluding carboxylic acids is 2. The van der Waals surface area contributed by atoms with Gasteiger partial charge in [0.1, 0.15) is 11.5 Å². The molecule has 0 aliphatic carbocycles. The third-order valence-corrected chi connectivity index (χ3v) is 4.76. The van der Waals surface area contributed by atoms with E-state index in [1.54, 1.807) is 12.1 Å². The number of ether oxygens (including phenoxy) is 4. The number of benzene rings is 3. The number of fused-ring (bicyclic) bond motifs is 2. The quantitative estimate of drug-likeness (QED) is 0.220. The largest absolute Gasteiger partial charge is 0.513 e. The smallest absolute Gasteiger partial charge is 0.437 e. The molecule has 0 unspecified atom stereocenters. The summed E-state index contributed by atoms with van der Waals surface area (Å²) in [5.41, 5.74) is 1.11. The number of methoxy groups -OCH3 is 2. The number of unbranched alkanes of at least 4 members (excludes halogenated alkanes) is 2. The van der Waals surface area contributed by atoms with Crippen molar-refractivity contribution in [2.75, 3.05) is 14.2 Å². The van der Waals surface area contributed by atoms with Crippen molar-refractivity contribution in [3.8, 4) is 11.5 Å². The minimum absolute atomic E-state index is 0.361. The highest BCUT2D eigenvalue weighted by atomic mass is 16.7. The van der Waals surface area contributed by atoms with Gasteiger partial charge in [-0.15, -0.1) is 0 Å². The summed E-state index contributed by atoms with van der Waals surface area (Å²) < 4.78 is 20.4. The molecule has 3 aromatic rings. The molecule has 0 saturated carbocycles. The van der Waals surface area contributed by atoms with Crippen LogP contribution in [0.4, 0.5) is 9.59 Å². The molecule has 6 nitrogen and oxygen atoms in total. The molecule has 0 aliphatic heterocycles. The normalized spacial score (nSPS) is 10.7. The van der Waals surface area contributed by atoms with Gasteiger partial charge in [0.25, 0.3) is 0 Å². The number of hydrogen-bond acceptors (Lipinski definition) is 6. The SMILES string of the molecule is CCCCCc1ccc2c(OC(=O)OC)c3ccccc3c(OC(=O)OC)c2c1. The molecule has 0 N–H and O–H groups in total. The summed E-state index contributed by atoms with van der Waals surface area (Å²) in [6, 6.07) is 13.1. The third kappa shape index (κ3) is 4.42. The van der Waals surface area contributed by atoms with Crippen LogP contribution in [0.15, 0.2) is 42.5 Å². The maximum absolute atomic E-state index is 11.9. The lowest BCUT2D eigenvalue weighted by Gasteiger charge is -2.16. The van der Waals surface area contributed by atoms with Gasteiger partial charge in [-0.3, -0.25) is 0 Å². The second kappa shape index (κ2) is 9.28. The lowest BCUT2D eigenvalue weighted by Crippen LogP contribution is -2.10. The molecule has 0 fully saturated rings. The van der Waals surface area contributed by atoms with Crippen LogP contribution in [0, 0.1) is 0 Å². The Bertz CT molecular complexity index is 1040. The molecule has 0 bridgehead atoms. The van der Waals surface area contributed by atoms with E-state index in [0.717, 1.165) is 31.2 Å². The predicted octanol–water partition coefficient (Wildman–Crippen LogP) is 6.02. The summed E-state index contributed by atoms with van der Waals surface area (Å²) >= 11 is 0. The Kier molecular flexibility index (Phi) is 6.54. The van der Waals surface area contributed by atoms with Crippen molar-refractivity contribution < 1.29 is 28.5 Å². The van der Waals surface area contributed by atoms with Gasteiger partial charge >= 0.3 is 12.3 Å². The summed E-state index contributed by atoms with van der Waals surface area (Å²) in [5.74, 6) is 0.733. The molecule has 3 rings (SSSR count). The molecule has 0 aliphatic rings. The molecular weight excluding hydrogens is 372 g/mol. The van der Waals surface area contributed by atoms with Crippen LogP contribution in [-0.4, -0.2) is 26.5 Å². The van der Waals surface area contributed by atoms with E-state index in [9.17, 15) is 9.59 Å². The number of hydrogen-bond donors (Lipinski definition) is 0. The molecule has 29 heavy (non-hydrogen) atoms. The minimum Gasteiger partial charge on any atom is -0.437 e. The van der Waals surface area contributed by atoms with Crippen molar-refractivity contribution >= 4 is 33.9 Å². The van der Waals surface area contributed by atoms with E-state index in [1.165, 1.54) is 14.2 Å². The molecule has 6 heteroatoms. The second-order valence-electron chi connectivity index (χ2n) is 6.65. The summed E-state index contributed by atoms with van der Waals surface area (Å²) in [5, 5.41) is 2.58. The molecule has 0 heterocycles. The first-order valence-corrected chi connectivity index (χ1v) is 9.58. The lowest BCUT2D eigenvalue weighted by molar-refractivity contribution is 0.120. The van der Waals surface area contributed by atoms with Crippen molar-refractivity contribution in [2.24, 2.45) is 0 Å². The fourth-order valence-electron chi connectivity index (χ4n) is 3.35. The first-order chi connectivity index (χ1) is 14.1. The van der Waals surface area contributed by atoms with Crippen LogP contribution in [0.2, 0.25) is 0 Å². The van der Waals surface area contributed by atoms with Crippen LogP contribution >= 0.6 is 0 Å². The van der Waals surface area contributed by atoms with Crippen molar-refractivity contribution in [1.29, 1.82) is 0 Å². The van der Waals surface area contributed by atoms with Gasteiger partial charge < -0.3 is 18.9 Å². The van der Waals surface area contributed by atoms with Crippen LogP contribution in [0.25, 0.3) is 21.5 Å². The highest BCUT2D eigenvalue weighted by Gasteiger charge is 2.20. The van der Waals surface area contributed by atoms with E-state index in [4.69, 9.17) is 14.2 Å². The predicted molar refractivity (Wildman–Crippen MR) is 111 cm³/mol. The van der Waals surface area contributed by atoms with Crippen LogP contribution in [0.3, 0.4) is 0 Å². The Balaban J connectivity index is 2.26. The first kappa shape index (κ1) is 20.5. The van der Waals surface area contributed by atoms with Gasteiger partial charge in [-0.25, -0.2) is 9.59 Å². The standard InChI is InChI=1S/C23H24O6/c1-4-5-6-9-15-12-13-18-19(14-15)21(29-23(25)27-3)17-11-8-7-10-16(17)20(18)28-22(24)26-2/h7-8,10-14H,4-6,9H2,1-3H3. The lowest BCUT2D eigenvalue weighted by atomic mass is 9.97. The summed E-state index contributed by atoms with van der Waals surface area (Å²) in [6.07, 6.45) is 2.61. The highest BCUT2D eigenvalue weighted by Crippen LogP contribution is 2.43. The maximum atomic E-state index is 11.9. The van der Waals surface area contributed by atoms with Crippen LogP contribution in [-0.2, 0) is 15.9 Å². The van der Waals surface area contributed by atoms with Gasteiger partial charge in [0.15, 0.2) is 0 Å². The van der Waals surface area contributed by atoms with Crippen molar-refractivity contribution in [3.63, 3.8) is 0 Å². The zero-order valence-corrected chi connectivity index (χ0v) is 16.8. The summed E-state index contributed by atoms with van der Waals surface area (Å²) in [4.78, 5) is 23.8. The summed E-state index contributed by atoms with van der Waals surface area (Å²) in [6.45, 7) is 2.16. The average molecular weight is 396 g/mol. The fourth-order valence-corrected chi connectivity index (χ4v) is 3.35. The molecule has 0 spiro atoms. The van der Waals surface area contributed by atoms with Crippen LogP contribution in [0.1, 0.15) is 31.7 Å². The van der Waals surface area contributed by atoms with Gasteiger partial charge in [0.05, 0.1) is 14.2 Å². The van der Waals surface area contributed by atoms with E-state index in [1.807, 2.05) is 30.3 Å². The fraction of sp³-hybridized carbons (Fsp3) is 0.304. The van der Waals surface area contributed by atoms with Crippen molar-refractivity contribution in [1.82, 2.24) is 0 Å². The molecule has 152 valence electrons. The molecule has 0 amide bonds. The second-order valence-corrected chi connectivity index (χ2v) is 6.65. The number of aryl methyl sites for hydroxylation is 1. The van der Waals surface area contributed by atoms with E-state index in [0.29, 0.717) is 33.0 Å². The zero-order chi connectivity index (χ0) is 20.8. The Morgan fingerprint density at radius 1 is 0.759 bits per heavy atom. The van der Waals surface area contributed by atoms with Gasteiger partial charge in [-0.05, 0) is 24.5 Å². The van der Waals surface area contributed by atoms with E-state index < -0.39 is 12.3 Å². The zero-order valence-electron chi connectivity index (χ0n) is 16.8.